The summed E-state index contributed by atoms with van der Waals surface area (Å²) in [5.41, 5.74) is 10.6. The molecule has 2 amide bonds. The van der Waals surface area contributed by atoms with Crippen LogP contribution in [-0.2, 0) is 58.0 Å². The molecular weight excluding hydrogens is 688 g/mol. The van der Waals surface area contributed by atoms with E-state index in [4.69, 9.17) is 20.8 Å². The number of nitrogens with zero attached hydrogens (tertiary/aromatic N) is 3. The quantitative estimate of drug-likeness (QED) is 0.0511. The Morgan fingerprint density at radius 2 is 1.13 bits per heavy atom. The number of carbonyl (C=O) groups is 7. The first-order valence-electron chi connectivity index (χ1n) is 16.0. The smallest absolute Gasteiger partial charge is 0.317 e. The third kappa shape index (κ3) is 17.5. The van der Waals surface area contributed by atoms with Crippen molar-refractivity contribution < 1.29 is 63.9 Å². The Morgan fingerprint density at radius 1 is 0.635 bits per heavy atom. The first kappa shape index (κ1) is 42.7. The van der Waals surface area contributed by atoms with E-state index in [0.29, 0.717) is 24.0 Å². The number of hydroxylamine groups is 1. The van der Waals surface area contributed by atoms with E-state index in [1.807, 2.05) is 30.3 Å². The van der Waals surface area contributed by atoms with Crippen LogP contribution in [0.5, 0.6) is 0 Å². The molecule has 9 N–H and O–H groups in total. The Balaban J connectivity index is 2.06. The maximum atomic E-state index is 13.5. The highest BCUT2D eigenvalue weighted by atomic mass is 16.6. The second-order valence-electron chi connectivity index (χ2n) is 11.8. The van der Waals surface area contributed by atoms with Gasteiger partial charge in [-0.05, 0) is 29.5 Å². The van der Waals surface area contributed by atoms with E-state index in [1.54, 1.807) is 24.3 Å². The lowest BCUT2D eigenvalue weighted by Crippen LogP contribution is -2.56. The number of nitrogens with one attached hydrogen (secondary N) is 2. The SMILES string of the molecule is N[C@H](CCc1ccccc1)C(=O)NOCc1ccc(CNC(=O)[C@H](CN(CCN(CC(=O)O)CC(=O)O)CC(=O)O)N(CC(=O)O)CC(=O)O)cc1. The molecule has 0 aliphatic carbocycles. The Labute approximate surface area is 298 Å². The van der Waals surface area contributed by atoms with Crippen LogP contribution < -0.4 is 16.5 Å². The van der Waals surface area contributed by atoms with Crippen LogP contribution in [0.4, 0.5) is 0 Å². The average molecular weight is 733 g/mol. The fraction of sp³-hybridized carbons (Fsp3) is 0.424. The highest BCUT2D eigenvalue weighted by molar-refractivity contribution is 5.84. The highest BCUT2D eigenvalue weighted by Gasteiger charge is 2.32. The van der Waals surface area contributed by atoms with Gasteiger partial charge >= 0.3 is 29.8 Å². The van der Waals surface area contributed by atoms with Crippen LogP contribution in [0.1, 0.15) is 23.1 Å². The van der Waals surface area contributed by atoms with E-state index in [2.05, 4.69) is 10.8 Å². The highest BCUT2D eigenvalue weighted by Crippen LogP contribution is 2.09. The standard InChI is InChI=1S/C33H44N6O13/c34-25(11-10-22-4-2-1-3-5-22)32(50)36-52-21-24-8-6-23(7-9-24)14-35-33(51)26(39(19-30(46)47)20-31(48)49)15-37(16-27(40)41)12-13-38(17-28(42)43)18-29(44)45/h1-9,25-26H,10-21,34H2,(H,35,51)(H,36,50)(H,40,41)(H,42,43)(H,44,45)(H,46,47)(H,48,49)/t25-,26+/m1/s1. The molecule has 0 saturated heterocycles. The lowest BCUT2D eigenvalue weighted by atomic mass is 10.1. The van der Waals surface area contributed by atoms with E-state index in [0.717, 1.165) is 20.3 Å². The summed E-state index contributed by atoms with van der Waals surface area (Å²) in [6, 6.07) is 13.9. The van der Waals surface area contributed by atoms with Crippen molar-refractivity contribution in [3.63, 3.8) is 0 Å². The first-order valence-corrected chi connectivity index (χ1v) is 16.0. The van der Waals surface area contributed by atoms with E-state index < -0.39 is 93.0 Å². The van der Waals surface area contributed by atoms with Crippen LogP contribution in [0.25, 0.3) is 0 Å². The molecule has 19 nitrogen and oxygen atoms in total. The zero-order chi connectivity index (χ0) is 38.6. The second kappa shape index (κ2) is 22.4. The van der Waals surface area contributed by atoms with E-state index in [9.17, 15) is 48.9 Å². The minimum absolute atomic E-state index is 0.000958. The number of aryl methyl sites for hydroxylation is 1. The maximum absolute atomic E-state index is 13.5. The first-order chi connectivity index (χ1) is 24.6. The number of carbonyl (C=O) groups excluding carboxylic acids is 2. The van der Waals surface area contributed by atoms with Crippen molar-refractivity contribution in [2.24, 2.45) is 5.73 Å². The van der Waals surface area contributed by atoms with Crippen LogP contribution in [0, 0.1) is 0 Å². The third-order valence-corrected chi connectivity index (χ3v) is 7.49. The molecule has 0 fully saturated rings. The summed E-state index contributed by atoms with van der Waals surface area (Å²) < 4.78 is 0. The average Bonchev–Trinajstić information content (AvgIpc) is 3.06. The van der Waals surface area contributed by atoms with Crippen molar-refractivity contribution >= 4 is 41.7 Å². The van der Waals surface area contributed by atoms with Gasteiger partial charge in [0.15, 0.2) is 0 Å². The summed E-state index contributed by atoms with van der Waals surface area (Å²) in [7, 11) is 0. The molecule has 0 aliphatic rings. The topological polar surface area (TPSA) is 290 Å². The van der Waals surface area contributed by atoms with Crippen LogP contribution >= 0.6 is 0 Å². The number of hydrogen-bond donors (Lipinski definition) is 8. The summed E-state index contributed by atoms with van der Waals surface area (Å²) in [6.45, 7) is -4.94. The van der Waals surface area contributed by atoms with Gasteiger partial charge in [-0.2, -0.15) is 0 Å². The molecule has 0 saturated carbocycles. The minimum Gasteiger partial charge on any atom is -0.480 e. The number of carboxylic acid groups (broad SMARTS) is 5. The second-order valence-corrected chi connectivity index (χ2v) is 11.8. The fourth-order valence-electron chi connectivity index (χ4n) is 4.96. The Morgan fingerprint density at radius 3 is 1.67 bits per heavy atom. The molecule has 0 aromatic heterocycles. The van der Waals surface area contributed by atoms with E-state index in [1.165, 1.54) is 0 Å². The zero-order valence-electron chi connectivity index (χ0n) is 28.3. The molecule has 2 aromatic rings. The number of carboxylic acids is 5. The lowest BCUT2D eigenvalue weighted by Gasteiger charge is -2.33. The van der Waals surface area contributed by atoms with Gasteiger partial charge in [0.1, 0.15) is 6.04 Å². The van der Waals surface area contributed by atoms with Crippen molar-refractivity contribution in [2.45, 2.75) is 38.1 Å². The predicted molar refractivity (Wildman–Crippen MR) is 180 cm³/mol. The van der Waals surface area contributed by atoms with Gasteiger partial charge in [-0.15, -0.1) is 0 Å². The molecule has 0 heterocycles. The molecule has 0 radical (unpaired) electrons. The summed E-state index contributed by atoms with van der Waals surface area (Å²) in [6.07, 6.45) is 1.04. The number of rotatable bonds is 26. The number of benzene rings is 2. The Kier molecular flexibility index (Phi) is 18.4. The molecule has 0 spiro atoms. The number of amides is 2. The van der Waals surface area contributed by atoms with Crippen molar-refractivity contribution in [3.8, 4) is 0 Å². The predicted octanol–water partition coefficient (Wildman–Crippen LogP) is -1.49. The fourth-order valence-corrected chi connectivity index (χ4v) is 4.96. The molecule has 2 atom stereocenters. The summed E-state index contributed by atoms with van der Waals surface area (Å²) in [4.78, 5) is 91.3. The molecule has 2 aromatic carbocycles. The number of nitrogens with two attached hydrogens (primary N) is 1. The number of hydrogen-bond acceptors (Lipinski definition) is 12. The largest absolute Gasteiger partial charge is 0.480 e. The molecule has 52 heavy (non-hydrogen) atoms. The summed E-state index contributed by atoms with van der Waals surface area (Å²) in [5.74, 6) is -8.25. The normalized spacial score (nSPS) is 12.3. The zero-order valence-corrected chi connectivity index (χ0v) is 28.3. The molecule has 2 rings (SSSR count). The molecule has 284 valence electrons. The third-order valence-electron chi connectivity index (χ3n) is 7.49. The van der Waals surface area contributed by atoms with E-state index in [-0.39, 0.29) is 26.2 Å². The van der Waals surface area contributed by atoms with Crippen molar-refractivity contribution in [1.29, 1.82) is 0 Å². The van der Waals surface area contributed by atoms with Gasteiger partial charge in [-0.25, -0.2) is 5.48 Å². The molecule has 19 heteroatoms. The van der Waals surface area contributed by atoms with Gasteiger partial charge < -0.3 is 36.6 Å². The van der Waals surface area contributed by atoms with Crippen LogP contribution in [0.15, 0.2) is 54.6 Å². The van der Waals surface area contributed by atoms with Gasteiger partial charge in [-0.3, -0.25) is 53.1 Å². The monoisotopic (exact) mass is 732 g/mol. The maximum Gasteiger partial charge on any atom is 0.317 e. The molecule has 0 bridgehead atoms. The van der Waals surface area contributed by atoms with Gasteiger partial charge in [0.2, 0.25) is 5.91 Å². The van der Waals surface area contributed by atoms with Crippen LogP contribution in [0.3, 0.4) is 0 Å². The summed E-state index contributed by atoms with van der Waals surface area (Å²) in [5, 5.41) is 49.2. The van der Waals surface area contributed by atoms with Crippen LogP contribution in [0.2, 0.25) is 0 Å². The van der Waals surface area contributed by atoms with Crippen molar-refractivity contribution in [2.75, 3.05) is 52.4 Å². The molecule has 0 aliphatic heterocycles. The van der Waals surface area contributed by atoms with Gasteiger partial charge in [0.25, 0.3) is 5.91 Å². The van der Waals surface area contributed by atoms with Gasteiger partial charge in [-0.1, -0.05) is 54.6 Å². The molecule has 0 unspecified atom stereocenters. The van der Waals surface area contributed by atoms with Crippen molar-refractivity contribution in [1.82, 2.24) is 25.5 Å². The Hall–Kier alpha value is -5.47. The number of aliphatic carboxylic acids is 5. The van der Waals surface area contributed by atoms with E-state index >= 15 is 0 Å². The van der Waals surface area contributed by atoms with Crippen LogP contribution in [-0.4, -0.2) is 146 Å². The Bertz CT molecular complexity index is 1480. The van der Waals surface area contributed by atoms with Gasteiger partial charge in [0, 0.05) is 26.2 Å². The summed E-state index contributed by atoms with van der Waals surface area (Å²) >= 11 is 0. The van der Waals surface area contributed by atoms with Gasteiger partial charge in [0.05, 0.1) is 45.4 Å². The minimum atomic E-state index is -1.51. The van der Waals surface area contributed by atoms with Crippen molar-refractivity contribution in [3.05, 3.63) is 71.3 Å². The lowest BCUT2D eigenvalue weighted by molar-refractivity contribution is -0.146. The molecular formula is C33H44N6O13.